The molecule has 1 saturated carbocycles. The van der Waals surface area contributed by atoms with Gasteiger partial charge < -0.3 is 24.1 Å². The number of anilines is 2. The van der Waals surface area contributed by atoms with E-state index in [0.29, 0.717) is 43.0 Å². The first-order chi connectivity index (χ1) is 15.7. The van der Waals surface area contributed by atoms with Crippen LogP contribution in [0.25, 0.3) is 11.0 Å². The number of aromatic nitrogens is 5. The van der Waals surface area contributed by atoms with Crippen LogP contribution in [0.4, 0.5) is 11.6 Å². The molecule has 4 heterocycles. The van der Waals surface area contributed by atoms with Crippen LogP contribution in [0, 0.1) is 11.3 Å². The molecule has 10 heteroatoms. The van der Waals surface area contributed by atoms with Gasteiger partial charge in [0, 0.05) is 37.9 Å². The summed E-state index contributed by atoms with van der Waals surface area (Å²) in [5.41, 5.74) is 2.05. The summed E-state index contributed by atoms with van der Waals surface area (Å²) >= 11 is 0. The van der Waals surface area contributed by atoms with Gasteiger partial charge >= 0.3 is 0 Å². The maximum Gasteiger partial charge on any atom is 0.257 e. The van der Waals surface area contributed by atoms with Gasteiger partial charge in [0.05, 0.1) is 18.8 Å². The predicted molar refractivity (Wildman–Crippen MR) is 117 cm³/mol. The van der Waals surface area contributed by atoms with Gasteiger partial charge in [-0.1, -0.05) is 0 Å². The Balaban J connectivity index is 1.48. The smallest absolute Gasteiger partial charge is 0.257 e. The van der Waals surface area contributed by atoms with Crippen molar-refractivity contribution in [3.63, 3.8) is 0 Å². The monoisotopic (exact) mass is 437 g/mol. The minimum Gasteiger partial charge on any atom is -0.472 e. The van der Waals surface area contributed by atoms with Crippen molar-refractivity contribution in [1.82, 2.24) is 24.3 Å². The van der Waals surface area contributed by atoms with Gasteiger partial charge in [-0.2, -0.15) is 10.2 Å². The summed E-state index contributed by atoms with van der Waals surface area (Å²) in [6.07, 6.45) is 7.65. The lowest BCUT2D eigenvalue weighted by molar-refractivity contribution is 0.0704. The van der Waals surface area contributed by atoms with Gasteiger partial charge in [-0.05, 0) is 38.7 Å². The molecule has 1 atom stereocenters. The SMILES string of the molecule is COC[C@@H](C)n1cc(Nc2ncc3cc(C#N)n(C4CCOCC4)c3n2)c(OC2CC2)n1. The summed E-state index contributed by atoms with van der Waals surface area (Å²) in [6, 6.07) is 4.40. The third-order valence-electron chi connectivity index (χ3n) is 5.85. The highest BCUT2D eigenvalue weighted by molar-refractivity contribution is 5.79. The van der Waals surface area contributed by atoms with E-state index in [0.717, 1.165) is 36.7 Å². The topological polar surface area (TPSA) is 112 Å². The van der Waals surface area contributed by atoms with Crippen LogP contribution in [0.2, 0.25) is 0 Å². The zero-order valence-corrected chi connectivity index (χ0v) is 18.3. The lowest BCUT2D eigenvalue weighted by Crippen LogP contribution is -2.20. The molecule has 0 unspecified atom stereocenters. The van der Waals surface area contributed by atoms with Crippen molar-refractivity contribution in [1.29, 1.82) is 5.26 Å². The lowest BCUT2D eigenvalue weighted by atomic mass is 10.1. The van der Waals surface area contributed by atoms with Gasteiger partial charge in [-0.3, -0.25) is 4.68 Å². The second kappa shape index (κ2) is 8.76. The third kappa shape index (κ3) is 4.13. The molecule has 3 aromatic rings. The molecule has 168 valence electrons. The Hall–Kier alpha value is -3.16. The van der Waals surface area contributed by atoms with Crippen LogP contribution in [0.5, 0.6) is 5.88 Å². The summed E-state index contributed by atoms with van der Waals surface area (Å²) in [7, 11) is 1.67. The lowest BCUT2D eigenvalue weighted by Gasteiger charge is -2.24. The summed E-state index contributed by atoms with van der Waals surface area (Å²) in [5, 5.41) is 18.4. The molecule has 32 heavy (non-hydrogen) atoms. The molecule has 0 bridgehead atoms. The fourth-order valence-electron chi connectivity index (χ4n) is 4.02. The van der Waals surface area contributed by atoms with Crippen LogP contribution in [0.1, 0.15) is 50.4 Å². The molecular weight excluding hydrogens is 410 g/mol. The van der Waals surface area contributed by atoms with Crippen LogP contribution in [-0.2, 0) is 9.47 Å². The molecule has 1 N–H and O–H groups in total. The standard InChI is InChI=1S/C22H27N7O3/c1-14(13-30-2)28-12-19(21(27-28)32-18-3-4-18)25-22-24-11-15-9-17(10-23)29(20(15)26-22)16-5-7-31-8-6-16/h9,11-12,14,16,18H,3-8,13H2,1-2H3,(H,24,25,26)/t14-/m1/s1. The van der Waals surface area contributed by atoms with E-state index >= 15 is 0 Å². The van der Waals surface area contributed by atoms with Crippen molar-refractivity contribution in [2.75, 3.05) is 32.2 Å². The predicted octanol–water partition coefficient (Wildman–Crippen LogP) is 3.34. The average molecular weight is 438 g/mol. The van der Waals surface area contributed by atoms with Crippen LogP contribution < -0.4 is 10.1 Å². The maximum absolute atomic E-state index is 9.68. The highest BCUT2D eigenvalue weighted by Gasteiger charge is 2.27. The summed E-state index contributed by atoms with van der Waals surface area (Å²) < 4.78 is 20.6. The second-order valence-corrected chi connectivity index (χ2v) is 8.40. The Labute approximate surface area is 186 Å². The van der Waals surface area contributed by atoms with E-state index in [1.807, 2.05) is 28.4 Å². The normalized spacial score (nSPS) is 17.9. The van der Waals surface area contributed by atoms with E-state index in [2.05, 4.69) is 21.5 Å². The van der Waals surface area contributed by atoms with Crippen molar-refractivity contribution in [3.05, 3.63) is 24.2 Å². The maximum atomic E-state index is 9.68. The molecule has 1 aliphatic carbocycles. The second-order valence-electron chi connectivity index (χ2n) is 8.40. The number of nitrogens with one attached hydrogen (secondary N) is 1. The largest absolute Gasteiger partial charge is 0.472 e. The van der Waals surface area contributed by atoms with E-state index in [4.69, 9.17) is 19.2 Å². The van der Waals surface area contributed by atoms with Crippen molar-refractivity contribution in [3.8, 4) is 11.9 Å². The van der Waals surface area contributed by atoms with E-state index in [1.54, 1.807) is 13.3 Å². The summed E-state index contributed by atoms with van der Waals surface area (Å²) in [6.45, 7) is 3.95. The average Bonchev–Trinajstić information content (AvgIpc) is 3.42. The van der Waals surface area contributed by atoms with Crippen molar-refractivity contribution >= 4 is 22.7 Å². The highest BCUT2D eigenvalue weighted by atomic mass is 16.5. The number of hydrogen-bond donors (Lipinski definition) is 1. The quantitative estimate of drug-likeness (QED) is 0.571. The van der Waals surface area contributed by atoms with E-state index < -0.39 is 0 Å². The summed E-state index contributed by atoms with van der Waals surface area (Å²) in [5.74, 6) is 0.977. The molecule has 0 radical (unpaired) electrons. The molecule has 0 amide bonds. The Morgan fingerprint density at radius 1 is 1.31 bits per heavy atom. The number of nitrogens with zero attached hydrogens (tertiary/aromatic N) is 6. The van der Waals surface area contributed by atoms with E-state index in [1.165, 1.54) is 0 Å². The molecule has 3 aromatic heterocycles. The van der Waals surface area contributed by atoms with Crippen molar-refractivity contribution < 1.29 is 14.2 Å². The molecule has 1 aliphatic heterocycles. The first kappa shape index (κ1) is 20.7. The fraction of sp³-hybridized carbons (Fsp3) is 0.545. The molecule has 0 aromatic carbocycles. The number of ether oxygens (including phenoxy) is 3. The van der Waals surface area contributed by atoms with Crippen LogP contribution in [0.3, 0.4) is 0 Å². The van der Waals surface area contributed by atoms with Crippen LogP contribution in [-0.4, -0.2) is 57.3 Å². The summed E-state index contributed by atoms with van der Waals surface area (Å²) in [4.78, 5) is 9.25. The van der Waals surface area contributed by atoms with Gasteiger partial charge in [0.1, 0.15) is 29.2 Å². The van der Waals surface area contributed by atoms with Crippen molar-refractivity contribution in [2.45, 2.75) is 50.8 Å². The van der Waals surface area contributed by atoms with E-state index in [-0.39, 0.29) is 18.2 Å². The van der Waals surface area contributed by atoms with Crippen LogP contribution >= 0.6 is 0 Å². The van der Waals surface area contributed by atoms with Gasteiger partial charge in [0.25, 0.3) is 5.88 Å². The number of rotatable bonds is 8. The zero-order chi connectivity index (χ0) is 22.1. The zero-order valence-electron chi connectivity index (χ0n) is 18.3. The third-order valence-corrected chi connectivity index (χ3v) is 5.85. The molecule has 5 rings (SSSR count). The first-order valence-corrected chi connectivity index (χ1v) is 11.0. The Morgan fingerprint density at radius 2 is 2.12 bits per heavy atom. The minimum absolute atomic E-state index is 0.0597. The highest BCUT2D eigenvalue weighted by Crippen LogP contribution is 2.34. The number of methoxy groups -OCH3 is 1. The first-order valence-electron chi connectivity index (χ1n) is 11.0. The molecule has 10 nitrogen and oxygen atoms in total. The molecule has 0 spiro atoms. The van der Waals surface area contributed by atoms with E-state index in [9.17, 15) is 5.26 Å². The Kier molecular flexibility index (Phi) is 5.68. The number of hydrogen-bond acceptors (Lipinski definition) is 8. The number of fused-ring (bicyclic) bond motifs is 1. The van der Waals surface area contributed by atoms with Gasteiger partial charge in [0.2, 0.25) is 5.95 Å². The van der Waals surface area contributed by atoms with Crippen LogP contribution in [0.15, 0.2) is 18.5 Å². The molecule has 2 fully saturated rings. The van der Waals surface area contributed by atoms with Gasteiger partial charge in [-0.25, -0.2) is 4.98 Å². The van der Waals surface area contributed by atoms with Gasteiger partial charge in [-0.15, -0.1) is 5.10 Å². The Bertz CT molecular complexity index is 1140. The number of nitriles is 1. The fourth-order valence-corrected chi connectivity index (χ4v) is 4.02. The minimum atomic E-state index is 0.0597. The van der Waals surface area contributed by atoms with Gasteiger partial charge in [0.15, 0.2) is 0 Å². The molecule has 1 saturated heterocycles. The molecule has 2 aliphatic rings. The molecular formula is C22H27N7O3. The van der Waals surface area contributed by atoms with Crippen molar-refractivity contribution in [2.24, 2.45) is 0 Å². The Morgan fingerprint density at radius 3 is 2.84 bits per heavy atom.